The van der Waals surface area contributed by atoms with Crippen LogP contribution in [0.4, 0.5) is 10.5 Å². The summed E-state index contributed by atoms with van der Waals surface area (Å²) in [6, 6.07) is 6.28. The molecule has 0 unspecified atom stereocenters. The highest BCUT2D eigenvalue weighted by molar-refractivity contribution is 5.90. The Kier molecular flexibility index (Phi) is 6.27. The second kappa shape index (κ2) is 8.02. The normalized spacial score (nSPS) is 19.7. The fourth-order valence-corrected chi connectivity index (χ4v) is 3.31. The number of likely N-dealkylation sites (tertiary alicyclic amines) is 1. The molecule has 0 aliphatic carbocycles. The second-order valence-electron chi connectivity index (χ2n) is 7.68. The highest BCUT2D eigenvalue weighted by Gasteiger charge is 2.27. The van der Waals surface area contributed by atoms with Crippen molar-refractivity contribution in [2.45, 2.75) is 65.4 Å². The van der Waals surface area contributed by atoms with Gasteiger partial charge in [0.05, 0.1) is 6.10 Å². The number of rotatable bonds is 4. The van der Waals surface area contributed by atoms with E-state index in [1.54, 1.807) is 0 Å². The molecule has 1 aliphatic rings. The lowest BCUT2D eigenvalue weighted by atomic mass is 9.93. The maximum absolute atomic E-state index is 12.7. The van der Waals surface area contributed by atoms with E-state index in [0.717, 1.165) is 25.1 Å². The van der Waals surface area contributed by atoms with Crippen molar-refractivity contribution in [2.24, 2.45) is 5.92 Å². The van der Waals surface area contributed by atoms with Gasteiger partial charge in [-0.2, -0.15) is 0 Å². The summed E-state index contributed by atoms with van der Waals surface area (Å²) in [5, 5.41) is 12.9. The molecule has 0 aromatic heterocycles. The highest BCUT2D eigenvalue weighted by Crippen LogP contribution is 2.29. The molecule has 1 aromatic rings. The predicted molar refractivity (Wildman–Crippen MR) is 99.6 cm³/mol. The van der Waals surface area contributed by atoms with Crippen molar-refractivity contribution in [2.75, 3.05) is 18.4 Å². The van der Waals surface area contributed by atoms with E-state index in [2.05, 4.69) is 45.1 Å². The lowest BCUT2D eigenvalue weighted by molar-refractivity contribution is 0.0766. The molecule has 2 rings (SSSR count). The zero-order valence-corrected chi connectivity index (χ0v) is 15.7. The first-order valence-corrected chi connectivity index (χ1v) is 9.17. The van der Waals surface area contributed by atoms with E-state index in [9.17, 15) is 9.90 Å². The second-order valence-corrected chi connectivity index (χ2v) is 7.68. The Balaban J connectivity index is 2.13. The summed E-state index contributed by atoms with van der Waals surface area (Å²) < 4.78 is 0. The number of aliphatic hydroxyl groups excluding tert-OH is 1. The molecular weight excluding hydrogens is 300 g/mol. The first kappa shape index (κ1) is 18.8. The third-order valence-electron chi connectivity index (χ3n) is 5.03. The molecule has 24 heavy (non-hydrogen) atoms. The number of urea groups is 1. The van der Waals surface area contributed by atoms with Crippen LogP contribution in [-0.2, 0) is 0 Å². The van der Waals surface area contributed by atoms with E-state index in [1.807, 2.05) is 17.9 Å². The minimum atomic E-state index is -0.364. The minimum Gasteiger partial charge on any atom is -0.393 e. The molecule has 4 heteroatoms. The number of hydrogen-bond donors (Lipinski definition) is 2. The van der Waals surface area contributed by atoms with Crippen LogP contribution in [0.2, 0.25) is 0 Å². The van der Waals surface area contributed by atoms with Gasteiger partial charge in [0.2, 0.25) is 0 Å². The zero-order chi connectivity index (χ0) is 17.9. The van der Waals surface area contributed by atoms with Crippen molar-refractivity contribution in [1.29, 1.82) is 0 Å². The Morgan fingerprint density at radius 3 is 2.50 bits per heavy atom. The predicted octanol–water partition coefficient (Wildman–Crippen LogP) is 4.56. The quantitative estimate of drug-likeness (QED) is 0.849. The van der Waals surface area contributed by atoms with Crippen LogP contribution >= 0.6 is 0 Å². The van der Waals surface area contributed by atoms with Gasteiger partial charge in [0.1, 0.15) is 0 Å². The van der Waals surface area contributed by atoms with Gasteiger partial charge in [-0.3, -0.25) is 0 Å². The number of carbonyl (C=O) groups is 1. The molecule has 4 nitrogen and oxygen atoms in total. The van der Waals surface area contributed by atoms with Gasteiger partial charge in [-0.25, -0.2) is 4.79 Å². The molecule has 0 saturated carbocycles. The van der Waals surface area contributed by atoms with E-state index < -0.39 is 0 Å². The van der Waals surface area contributed by atoms with Gasteiger partial charge >= 0.3 is 6.03 Å². The molecule has 1 heterocycles. The Hall–Kier alpha value is -1.55. The van der Waals surface area contributed by atoms with Gasteiger partial charge in [-0.1, -0.05) is 39.8 Å². The monoisotopic (exact) mass is 332 g/mol. The number of nitrogens with one attached hydrogen (secondary N) is 1. The fraction of sp³-hybridized carbons (Fsp3) is 0.650. The van der Waals surface area contributed by atoms with E-state index in [0.29, 0.717) is 18.4 Å². The van der Waals surface area contributed by atoms with Gasteiger partial charge in [0, 0.05) is 24.7 Å². The Morgan fingerprint density at radius 2 is 1.92 bits per heavy atom. The summed E-state index contributed by atoms with van der Waals surface area (Å²) in [6.45, 7) is 11.9. The van der Waals surface area contributed by atoms with Gasteiger partial charge < -0.3 is 15.3 Å². The molecule has 1 aliphatic heterocycles. The van der Waals surface area contributed by atoms with Crippen LogP contribution in [0.15, 0.2) is 18.2 Å². The van der Waals surface area contributed by atoms with E-state index >= 15 is 0 Å². The van der Waals surface area contributed by atoms with Crippen molar-refractivity contribution in [3.8, 4) is 0 Å². The molecular formula is C20H32N2O2. The van der Waals surface area contributed by atoms with Crippen molar-refractivity contribution >= 4 is 11.7 Å². The Bertz CT molecular complexity index is 567. The average molecular weight is 332 g/mol. The van der Waals surface area contributed by atoms with Crippen LogP contribution in [0.3, 0.4) is 0 Å². The third-order valence-corrected chi connectivity index (χ3v) is 5.03. The van der Waals surface area contributed by atoms with Crippen LogP contribution in [0.1, 0.15) is 70.4 Å². The molecule has 134 valence electrons. The topological polar surface area (TPSA) is 52.6 Å². The number of hydrogen-bond acceptors (Lipinski definition) is 2. The highest BCUT2D eigenvalue weighted by atomic mass is 16.3. The molecule has 0 radical (unpaired) electrons. The van der Waals surface area contributed by atoms with Crippen LogP contribution in [0.25, 0.3) is 0 Å². The Labute approximate surface area is 146 Å². The summed E-state index contributed by atoms with van der Waals surface area (Å²) in [6.07, 6.45) is 1.57. The van der Waals surface area contributed by atoms with Gasteiger partial charge in [0.15, 0.2) is 0 Å². The van der Waals surface area contributed by atoms with E-state index in [-0.39, 0.29) is 18.1 Å². The largest absolute Gasteiger partial charge is 0.393 e. The smallest absolute Gasteiger partial charge is 0.321 e. The van der Waals surface area contributed by atoms with Crippen molar-refractivity contribution in [3.05, 3.63) is 29.3 Å². The summed E-state index contributed by atoms with van der Waals surface area (Å²) in [4.78, 5) is 14.5. The van der Waals surface area contributed by atoms with Crippen molar-refractivity contribution in [1.82, 2.24) is 4.90 Å². The SMILES string of the molecule is CC(C)c1ccc(NC(=O)N2CCC[C@@H]([C@H](C)O)C2)c(C(C)C)c1. The molecule has 2 atom stereocenters. The minimum absolute atomic E-state index is 0.0560. The van der Waals surface area contributed by atoms with Crippen molar-refractivity contribution in [3.63, 3.8) is 0 Å². The molecule has 0 bridgehead atoms. The van der Waals surface area contributed by atoms with Gasteiger partial charge in [0.25, 0.3) is 0 Å². The third kappa shape index (κ3) is 4.50. The van der Waals surface area contributed by atoms with Crippen LogP contribution in [-0.4, -0.2) is 35.2 Å². The van der Waals surface area contributed by atoms with E-state index in [1.165, 1.54) is 11.1 Å². The first-order chi connectivity index (χ1) is 11.3. The molecule has 0 spiro atoms. The van der Waals surface area contributed by atoms with Crippen LogP contribution in [0.5, 0.6) is 0 Å². The molecule has 2 N–H and O–H groups in total. The number of amides is 2. The lowest BCUT2D eigenvalue weighted by Gasteiger charge is -2.34. The summed E-state index contributed by atoms with van der Waals surface area (Å²) >= 11 is 0. The van der Waals surface area contributed by atoms with Crippen molar-refractivity contribution < 1.29 is 9.90 Å². The summed E-state index contributed by atoms with van der Waals surface area (Å²) in [7, 11) is 0. The number of aliphatic hydroxyl groups is 1. The summed E-state index contributed by atoms with van der Waals surface area (Å²) in [5.74, 6) is 1.00. The Morgan fingerprint density at radius 1 is 1.21 bits per heavy atom. The van der Waals surface area contributed by atoms with Crippen LogP contribution < -0.4 is 5.32 Å². The lowest BCUT2D eigenvalue weighted by Crippen LogP contribution is -2.44. The maximum Gasteiger partial charge on any atom is 0.321 e. The van der Waals surface area contributed by atoms with Crippen LogP contribution in [0, 0.1) is 5.92 Å². The number of nitrogens with zero attached hydrogens (tertiary/aromatic N) is 1. The van der Waals surface area contributed by atoms with Gasteiger partial charge in [-0.05, 0) is 48.8 Å². The zero-order valence-electron chi connectivity index (χ0n) is 15.7. The molecule has 1 saturated heterocycles. The number of benzene rings is 1. The molecule has 2 amide bonds. The molecule has 1 aromatic carbocycles. The van der Waals surface area contributed by atoms with E-state index in [4.69, 9.17) is 0 Å². The number of carbonyl (C=O) groups excluding carboxylic acids is 1. The fourth-order valence-electron chi connectivity index (χ4n) is 3.31. The first-order valence-electron chi connectivity index (χ1n) is 9.17. The average Bonchev–Trinajstić information content (AvgIpc) is 2.54. The molecule has 1 fully saturated rings. The summed E-state index contributed by atoms with van der Waals surface area (Å²) in [5.41, 5.74) is 3.38. The number of anilines is 1. The maximum atomic E-state index is 12.7. The number of piperidine rings is 1. The van der Waals surface area contributed by atoms with Gasteiger partial charge in [-0.15, -0.1) is 0 Å². The standard InChI is InChI=1S/C20H32N2O2/c1-13(2)16-8-9-19(18(11-16)14(3)4)21-20(24)22-10-6-7-17(12-22)15(5)23/h8-9,11,13-15,17,23H,6-7,10,12H2,1-5H3,(H,21,24)/t15-,17+/m0/s1.